The van der Waals surface area contributed by atoms with E-state index in [1.807, 2.05) is 24.4 Å². The largest absolute Gasteiger partial charge is 0.322 e. The maximum Gasteiger partial charge on any atom is 0.322 e. The van der Waals surface area contributed by atoms with Crippen molar-refractivity contribution in [3.05, 3.63) is 52.5 Å². The quantitative estimate of drug-likeness (QED) is 0.902. The van der Waals surface area contributed by atoms with Crippen LogP contribution < -0.4 is 5.32 Å². The number of thiophene rings is 1. The molecule has 0 radical (unpaired) electrons. The molecule has 1 aromatic carbocycles. The fourth-order valence-electron chi connectivity index (χ4n) is 1.67. The number of amides is 2. The molecular formula is C14H15FN2OS. The molecule has 0 fully saturated rings. The predicted molar refractivity (Wildman–Crippen MR) is 75.8 cm³/mol. The van der Waals surface area contributed by atoms with Crippen molar-refractivity contribution in [2.45, 2.75) is 13.5 Å². The lowest BCUT2D eigenvalue weighted by Gasteiger charge is -2.20. The number of rotatable bonds is 4. The zero-order chi connectivity index (χ0) is 13.7. The van der Waals surface area contributed by atoms with Gasteiger partial charge in [-0.05, 0) is 30.5 Å². The lowest BCUT2D eigenvalue weighted by atomic mass is 10.3. The smallest absolute Gasteiger partial charge is 0.320 e. The van der Waals surface area contributed by atoms with Crippen LogP contribution in [-0.4, -0.2) is 17.5 Å². The summed E-state index contributed by atoms with van der Waals surface area (Å²) in [6.07, 6.45) is 0. The lowest BCUT2D eigenvalue weighted by Crippen LogP contribution is -2.34. The molecule has 0 saturated carbocycles. The summed E-state index contributed by atoms with van der Waals surface area (Å²) in [7, 11) is 0. The first kappa shape index (κ1) is 13.5. The number of anilines is 1. The highest BCUT2D eigenvalue weighted by Gasteiger charge is 2.14. The number of nitrogens with one attached hydrogen (secondary N) is 1. The van der Waals surface area contributed by atoms with Crippen LogP contribution in [0.2, 0.25) is 0 Å². The van der Waals surface area contributed by atoms with E-state index in [4.69, 9.17) is 0 Å². The van der Waals surface area contributed by atoms with E-state index >= 15 is 0 Å². The molecule has 0 atom stereocenters. The number of hydrogen-bond donors (Lipinski definition) is 1. The highest BCUT2D eigenvalue weighted by Crippen LogP contribution is 2.15. The highest BCUT2D eigenvalue weighted by atomic mass is 32.1. The summed E-state index contributed by atoms with van der Waals surface area (Å²) in [5.74, 6) is -0.428. The molecule has 0 spiro atoms. The van der Waals surface area contributed by atoms with Gasteiger partial charge in [-0.25, -0.2) is 9.18 Å². The van der Waals surface area contributed by atoms with E-state index in [1.54, 1.807) is 34.4 Å². The molecule has 2 rings (SSSR count). The number of halogens is 1. The van der Waals surface area contributed by atoms with E-state index in [2.05, 4.69) is 5.32 Å². The molecule has 1 heterocycles. The zero-order valence-corrected chi connectivity index (χ0v) is 11.4. The summed E-state index contributed by atoms with van der Waals surface area (Å²) in [6, 6.07) is 9.78. The molecule has 100 valence electrons. The monoisotopic (exact) mass is 278 g/mol. The first-order chi connectivity index (χ1) is 9.20. The standard InChI is InChI=1S/C14H15FN2OS/c1-2-17(10-11-6-5-9-19-11)14(18)16-13-8-4-3-7-12(13)15/h3-9H,2,10H2,1H3,(H,16,18). The molecule has 19 heavy (non-hydrogen) atoms. The highest BCUT2D eigenvalue weighted by molar-refractivity contribution is 7.09. The lowest BCUT2D eigenvalue weighted by molar-refractivity contribution is 0.212. The molecule has 1 aromatic heterocycles. The third kappa shape index (κ3) is 3.54. The van der Waals surface area contributed by atoms with Gasteiger partial charge >= 0.3 is 6.03 Å². The van der Waals surface area contributed by atoms with Crippen LogP contribution in [0, 0.1) is 5.82 Å². The minimum Gasteiger partial charge on any atom is -0.320 e. The molecule has 0 saturated heterocycles. The molecule has 2 amide bonds. The van der Waals surface area contributed by atoms with Crippen LogP contribution in [0.15, 0.2) is 41.8 Å². The minimum absolute atomic E-state index is 0.206. The Morgan fingerprint density at radius 3 is 2.74 bits per heavy atom. The number of benzene rings is 1. The Labute approximate surface area is 115 Å². The second kappa shape index (κ2) is 6.33. The fourth-order valence-corrected chi connectivity index (χ4v) is 2.39. The van der Waals surface area contributed by atoms with Gasteiger partial charge in [0.1, 0.15) is 5.82 Å². The van der Waals surface area contributed by atoms with Crippen molar-refractivity contribution in [3.8, 4) is 0 Å². The molecule has 0 bridgehead atoms. The van der Waals surface area contributed by atoms with Crippen LogP contribution in [0.25, 0.3) is 0 Å². The molecule has 0 aliphatic carbocycles. The van der Waals surface area contributed by atoms with E-state index in [-0.39, 0.29) is 11.7 Å². The molecule has 0 aliphatic rings. The molecule has 5 heteroatoms. The fraction of sp³-hybridized carbons (Fsp3) is 0.214. The summed E-state index contributed by atoms with van der Waals surface area (Å²) in [5.41, 5.74) is 0.206. The van der Waals surface area contributed by atoms with Crippen molar-refractivity contribution < 1.29 is 9.18 Å². The van der Waals surface area contributed by atoms with Gasteiger partial charge in [0, 0.05) is 11.4 Å². The van der Waals surface area contributed by atoms with Crippen LogP contribution in [-0.2, 0) is 6.54 Å². The predicted octanol–water partition coefficient (Wildman–Crippen LogP) is 3.94. The van der Waals surface area contributed by atoms with Crippen molar-refractivity contribution >= 4 is 23.1 Å². The summed E-state index contributed by atoms with van der Waals surface area (Å²) >= 11 is 1.60. The van der Waals surface area contributed by atoms with Crippen molar-refractivity contribution in [2.75, 3.05) is 11.9 Å². The van der Waals surface area contributed by atoms with Gasteiger partial charge in [-0.15, -0.1) is 11.3 Å². The van der Waals surface area contributed by atoms with Gasteiger partial charge in [0.2, 0.25) is 0 Å². The van der Waals surface area contributed by atoms with E-state index in [1.165, 1.54) is 6.07 Å². The first-order valence-electron chi connectivity index (χ1n) is 6.03. The number of para-hydroxylation sites is 1. The molecule has 1 N–H and O–H groups in total. The first-order valence-corrected chi connectivity index (χ1v) is 6.91. The Bertz CT molecular complexity index is 542. The molecular weight excluding hydrogens is 263 g/mol. The Kier molecular flexibility index (Phi) is 4.52. The second-order valence-corrected chi connectivity index (χ2v) is 5.04. The van der Waals surface area contributed by atoms with Crippen molar-refractivity contribution in [1.82, 2.24) is 4.90 Å². The third-order valence-electron chi connectivity index (χ3n) is 2.71. The SMILES string of the molecule is CCN(Cc1cccs1)C(=O)Nc1ccccc1F. The van der Waals surface area contributed by atoms with E-state index in [0.29, 0.717) is 13.1 Å². The second-order valence-electron chi connectivity index (χ2n) is 4.00. The average molecular weight is 278 g/mol. The van der Waals surface area contributed by atoms with Gasteiger partial charge in [-0.1, -0.05) is 18.2 Å². The summed E-state index contributed by atoms with van der Waals surface area (Å²) in [5, 5.41) is 4.56. The topological polar surface area (TPSA) is 32.3 Å². The number of nitrogens with zero attached hydrogens (tertiary/aromatic N) is 1. The van der Waals surface area contributed by atoms with Gasteiger partial charge in [0.25, 0.3) is 0 Å². The van der Waals surface area contributed by atoms with Gasteiger partial charge in [0.15, 0.2) is 0 Å². The van der Waals surface area contributed by atoms with E-state index in [9.17, 15) is 9.18 Å². The molecule has 2 aromatic rings. The Morgan fingerprint density at radius 2 is 2.11 bits per heavy atom. The van der Waals surface area contributed by atoms with Crippen molar-refractivity contribution in [2.24, 2.45) is 0 Å². The van der Waals surface area contributed by atoms with Crippen molar-refractivity contribution in [1.29, 1.82) is 0 Å². The van der Waals surface area contributed by atoms with Gasteiger partial charge in [-0.2, -0.15) is 0 Å². The summed E-state index contributed by atoms with van der Waals surface area (Å²) in [4.78, 5) is 14.8. The Hall–Kier alpha value is -1.88. The van der Waals surface area contributed by atoms with Crippen LogP contribution in [0.1, 0.15) is 11.8 Å². The van der Waals surface area contributed by atoms with E-state index in [0.717, 1.165) is 4.88 Å². The number of carbonyl (C=O) groups excluding carboxylic acids is 1. The van der Waals surface area contributed by atoms with Gasteiger partial charge < -0.3 is 10.2 Å². The average Bonchev–Trinajstić information content (AvgIpc) is 2.91. The Balaban J connectivity index is 2.03. The maximum atomic E-state index is 13.5. The summed E-state index contributed by atoms with van der Waals surface area (Å²) in [6.45, 7) is 3.00. The molecule has 3 nitrogen and oxygen atoms in total. The molecule has 0 unspecified atom stereocenters. The normalized spacial score (nSPS) is 10.2. The minimum atomic E-state index is -0.428. The zero-order valence-electron chi connectivity index (χ0n) is 10.6. The van der Waals surface area contributed by atoms with Crippen LogP contribution >= 0.6 is 11.3 Å². The summed E-state index contributed by atoms with van der Waals surface area (Å²) < 4.78 is 13.5. The molecule has 0 aliphatic heterocycles. The van der Waals surface area contributed by atoms with Crippen LogP contribution in [0.5, 0.6) is 0 Å². The Morgan fingerprint density at radius 1 is 1.32 bits per heavy atom. The number of carbonyl (C=O) groups is 1. The van der Waals surface area contributed by atoms with Crippen LogP contribution in [0.4, 0.5) is 14.9 Å². The number of urea groups is 1. The number of hydrogen-bond acceptors (Lipinski definition) is 2. The maximum absolute atomic E-state index is 13.5. The van der Waals surface area contributed by atoms with Crippen molar-refractivity contribution in [3.63, 3.8) is 0 Å². The van der Waals surface area contributed by atoms with Gasteiger partial charge in [-0.3, -0.25) is 0 Å². The van der Waals surface area contributed by atoms with Gasteiger partial charge in [0.05, 0.1) is 12.2 Å². The van der Waals surface area contributed by atoms with Crippen LogP contribution in [0.3, 0.4) is 0 Å². The van der Waals surface area contributed by atoms with E-state index < -0.39 is 5.82 Å². The third-order valence-corrected chi connectivity index (χ3v) is 3.57.